The van der Waals surface area contributed by atoms with Gasteiger partial charge in [-0.15, -0.1) is 0 Å². The highest BCUT2D eigenvalue weighted by molar-refractivity contribution is 5.99. The Morgan fingerprint density at radius 1 is 1.03 bits per heavy atom. The summed E-state index contributed by atoms with van der Waals surface area (Å²) in [6, 6.07) is 18.0. The van der Waals surface area contributed by atoms with Crippen LogP contribution in [0.2, 0.25) is 0 Å². The number of aromatic nitrogens is 4. The Kier molecular flexibility index (Phi) is 5.44. The number of carbonyl (C=O) groups excluding carboxylic acids is 1. The van der Waals surface area contributed by atoms with Crippen LogP contribution in [0.3, 0.4) is 0 Å². The Labute approximate surface area is 219 Å². The van der Waals surface area contributed by atoms with Gasteiger partial charge in [-0.05, 0) is 55.2 Å². The highest BCUT2D eigenvalue weighted by Crippen LogP contribution is 2.35. The summed E-state index contributed by atoms with van der Waals surface area (Å²) in [6.45, 7) is 4.70. The molecule has 1 unspecified atom stereocenters. The molecule has 2 aromatic carbocycles. The van der Waals surface area contributed by atoms with Crippen molar-refractivity contribution in [2.24, 2.45) is 0 Å². The number of nitrogens with zero attached hydrogens (tertiary/aromatic N) is 4. The van der Waals surface area contributed by atoms with E-state index in [2.05, 4.69) is 38.9 Å². The number of aromatic amines is 1. The van der Waals surface area contributed by atoms with Crippen LogP contribution in [-0.2, 0) is 11.3 Å². The van der Waals surface area contributed by atoms with E-state index in [0.717, 1.165) is 47.5 Å². The van der Waals surface area contributed by atoms with Crippen molar-refractivity contribution in [3.05, 3.63) is 106 Å². The van der Waals surface area contributed by atoms with Crippen molar-refractivity contribution in [1.29, 1.82) is 0 Å². The predicted molar refractivity (Wildman–Crippen MR) is 145 cm³/mol. The minimum absolute atomic E-state index is 0.0399. The van der Waals surface area contributed by atoms with Crippen molar-refractivity contribution in [3.63, 3.8) is 0 Å². The smallest absolute Gasteiger partial charge is 0.274 e. The summed E-state index contributed by atoms with van der Waals surface area (Å²) in [6.07, 6.45) is 5.48. The largest absolute Gasteiger partial charge is 0.381 e. The maximum absolute atomic E-state index is 14.2. The fraction of sp³-hybridized carbons (Fsp3) is 0.300. The number of nitrogens with one attached hydrogen (secondary N) is 1. The Balaban J connectivity index is 1.35. The van der Waals surface area contributed by atoms with E-state index in [1.165, 1.54) is 0 Å². The van der Waals surface area contributed by atoms with Crippen LogP contribution in [0.5, 0.6) is 0 Å². The number of carbonyl (C=O) groups is 1. The number of benzene rings is 2. The standard InChI is InChI=1S/C30H29N5O3/c1-19-16-25-23(32-29(36)26-18-31-28(35(25)26)21-9-14-38-15-10-21)17-22(19)30(37)34-13-12-33-11-5-8-24(33)27(34)20-6-3-2-4-7-20/h2-8,11,16-18,21,27H,9-10,12-15H2,1H3,(H,32,36). The topological polar surface area (TPSA) is 84.6 Å². The summed E-state index contributed by atoms with van der Waals surface area (Å²) in [4.78, 5) is 36.9. The second kappa shape index (κ2) is 8.99. The summed E-state index contributed by atoms with van der Waals surface area (Å²) >= 11 is 0. The molecule has 1 saturated heterocycles. The molecule has 0 bridgehead atoms. The third-order valence-electron chi connectivity index (χ3n) is 8.08. The van der Waals surface area contributed by atoms with E-state index >= 15 is 0 Å². The van der Waals surface area contributed by atoms with E-state index in [4.69, 9.17) is 4.74 Å². The fourth-order valence-electron chi connectivity index (χ4n) is 6.16. The highest BCUT2D eigenvalue weighted by atomic mass is 16.5. The molecule has 1 amide bonds. The van der Waals surface area contributed by atoms with Crippen LogP contribution in [-0.4, -0.2) is 49.5 Å². The van der Waals surface area contributed by atoms with E-state index in [0.29, 0.717) is 36.4 Å². The normalized spacial score (nSPS) is 18.2. The minimum Gasteiger partial charge on any atom is -0.381 e. The molecule has 0 aliphatic carbocycles. The summed E-state index contributed by atoms with van der Waals surface area (Å²) in [5.74, 6) is 1.08. The third kappa shape index (κ3) is 3.59. The molecule has 5 aromatic rings. The van der Waals surface area contributed by atoms with Crippen LogP contribution in [0.1, 0.15) is 57.8 Å². The van der Waals surface area contributed by atoms with Gasteiger partial charge in [0.2, 0.25) is 0 Å². The number of hydrogen-bond acceptors (Lipinski definition) is 4. The first-order chi connectivity index (χ1) is 18.6. The first kappa shape index (κ1) is 23.0. The lowest BCUT2D eigenvalue weighted by Crippen LogP contribution is -2.42. The zero-order chi connectivity index (χ0) is 25.8. The number of aryl methyl sites for hydroxylation is 1. The van der Waals surface area contributed by atoms with Crippen molar-refractivity contribution in [1.82, 2.24) is 23.8 Å². The number of rotatable bonds is 3. The van der Waals surface area contributed by atoms with Crippen LogP contribution < -0.4 is 5.56 Å². The van der Waals surface area contributed by atoms with Gasteiger partial charge in [0.05, 0.1) is 23.3 Å². The molecule has 8 nitrogen and oxygen atoms in total. The number of H-pyrrole nitrogens is 1. The van der Waals surface area contributed by atoms with Crippen LogP contribution in [0, 0.1) is 6.92 Å². The van der Waals surface area contributed by atoms with E-state index in [-0.39, 0.29) is 23.4 Å². The van der Waals surface area contributed by atoms with Gasteiger partial charge in [0, 0.05) is 49.7 Å². The number of hydrogen-bond donors (Lipinski definition) is 1. The quantitative estimate of drug-likeness (QED) is 0.392. The molecule has 0 radical (unpaired) electrons. The van der Waals surface area contributed by atoms with Crippen LogP contribution in [0.25, 0.3) is 16.6 Å². The lowest BCUT2D eigenvalue weighted by Gasteiger charge is -2.37. The van der Waals surface area contributed by atoms with E-state index in [1.54, 1.807) is 6.20 Å². The van der Waals surface area contributed by atoms with Gasteiger partial charge in [-0.1, -0.05) is 30.3 Å². The van der Waals surface area contributed by atoms with E-state index in [9.17, 15) is 9.59 Å². The molecule has 2 aliphatic rings. The summed E-state index contributed by atoms with van der Waals surface area (Å²) in [7, 11) is 0. The number of amides is 1. The molecule has 192 valence electrons. The summed E-state index contributed by atoms with van der Waals surface area (Å²) in [5, 5.41) is 0. The Morgan fingerprint density at radius 3 is 2.66 bits per heavy atom. The van der Waals surface area contributed by atoms with Gasteiger partial charge in [-0.3, -0.25) is 14.0 Å². The lowest BCUT2D eigenvalue weighted by molar-refractivity contribution is 0.0663. The molecule has 0 spiro atoms. The predicted octanol–water partition coefficient (Wildman–Crippen LogP) is 4.43. The Hall–Kier alpha value is -4.17. The van der Waals surface area contributed by atoms with Gasteiger partial charge in [-0.25, -0.2) is 4.98 Å². The summed E-state index contributed by atoms with van der Waals surface area (Å²) in [5.41, 5.74) is 5.47. The average Bonchev–Trinajstić information content (AvgIpc) is 3.61. The van der Waals surface area contributed by atoms with Crippen LogP contribution in [0.4, 0.5) is 0 Å². The first-order valence-electron chi connectivity index (χ1n) is 13.2. The zero-order valence-electron chi connectivity index (χ0n) is 21.3. The molecule has 2 aliphatic heterocycles. The number of fused-ring (bicyclic) bond motifs is 4. The van der Waals surface area contributed by atoms with Gasteiger partial charge in [-0.2, -0.15) is 0 Å². The average molecular weight is 508 g/mol. The minimum atomic E-state index is -0.205. The second-order valence-corrected chi connectivity index (χ2v) is 10.3. The maximum Gasteiger partial charge on any atom is 0.274 e. The van der Waals surface area contributed by atoms with Crippen molar-refractivity contribution < 1.29 is 9.53 Å². The third-order valence-corrected chi connectivity index (χ3v) is 8.08. The molecule has 0 saturated carbocycles. The van der Waals surface area contributed by atoms with Gasteiger partial charge in [0.1, 0.15) is 11.3 Å². The van der Waals surface area contributed by atoms with E-state index < -0.39 is 0 Å². The monoisotopic (exact) mass is 507 g/mol. The molecule has 8 heteroatoms. The van der Waals surface area contributed by atoms with Crippen LogP contribution >= 0.6 is 0 Å². The first-order valence-corrected chi connectivity index (χ1v) is 13.2. The van der Waals surface area contributed by atoms with Crippen LogP contribution in [0.15, 0.2) is 71.8 Å². The lowest BCUT2D eigenvalue weighted by atomic mass is 9.97. The SMILES string of the molecule is Cc1cc2c(cc1C(=O)N1CCn3cccc3C1c1ccccc1)[nH]c(=O)c1cnc(C3CCOCC3)n12. The maximum atomic E-state index is 14.2. The zero-order valence-corrected chi connectivity index (χ0v) is 21.3. The van der Waals surface area contributed by atoms with Crippen molar-refractivity contribution in [2.45, 2.75) is 38.3 Å². The van der Waals surface area contributed by atoms with E-state index in [1.807, 2.05) is 52.6 Å². The fourth-order valence-corrected chi connectivity index (χ4v) is 6.16. The molecule has 1 fully saturated rings. The second-order valence-electron chi connectivity index (χ2n) is 10.3. The Bertz CT molecular complexity index is 1730. The molecule has 5 heterocycles. The van der Waals surface area contributed by atoms with Gasteiger partial charge >= 0.3 is 0 Å². The van der Waals surface area contributed by atoms with Gasteiger partial charge in [0.25, 0.3) is 11.5 Å². The van der Waals surface area contributed by atoms with Crippen molar-refractivity contribution in [3.8, 4) is 0 Å². The number of imidazole rings is 1. The Morgan fingerprint density at radius 2 is 1.84 bits per heavy atom. The molecule has 3 aromatic heterocycles. The van der Waals surface area contributed by atoms with Gasteiger partial charge < -0.3 is 19.2 Å². The molecule has 1 N–H and O–H groups in total. The van der Waals surface area contributed by atoms with Gasteiger partial charge in [0.15, 0.2) is 0 Å². The number of ether oxygens (including phenoxy) is 1. The van der Waals surface area contributed by atoms with Crippen molar-refractivity contribution in [2.75, 3.05) is 19.8 Å². The molecule has 1 atom stereocenters. The summed E-state index contributed by atoms with van der Waals surface area (Å²) < 4.78 is 9.75. The molecule has 7 rings (SSSR count). The molecule has 38 heavy (non-hydrogen) atoms. The van der Waals surface area contributed by atoms with Crippen molar-refractivity contribution >= 4 is 22.5 Å². The molecular weight excluding hydrogens is 478 g/mol. The highest BCUT2D eigenvalue weighted by Gasteiger charge is 2.33. The molecular formula is C30H29N5O3.